The Kier molecular flexibility index (Phi) is 10.4. The Labute approximate surface area is 215 Å². The zero-order valence-corrected chi connectivity index (χ0v) is 21.1. The standard InChI is InChI=1S/C26H36O11/c1-14-22(29)24(31)25(32)26(36-14)35-10-4-5-15-6-9-18(20(11-15)34-3)37-21(13-27)23(30)16-7-8-17(28)19(12-16)33-2/h6-9,11-12,14,21-32H,4-5,10,13H2,1-3H3/t14-,21?,22-,23?,24+,25+,26+/m0/s1. The monoisotopic (exact) mass is 524 g/mol. The molecule has 1 heterocycles. The summed E-state index contributed by atoms with van der Waals surface area (Å²) in [4.78, 5) is 0. The van der Waals surface area contributed by atoms with Crippen LogP contribution in [0.1, 0.15) is 30.6 Å². The highest BCUT2D eigenvalue weighted by molar-refractivity contribution is 5.44. The van der Waals surface area contributed by atoms with Crippen LogP contribution in [0.4, 0.5) is 0 Å². The van der Waals surface area contributed by atoms with Gasteiger partial charge in [0.15, 0.2) is 35.4 Å². The molecule has 6 N–H and O–H groups in total. The molecule has 7 atom stereocenters. The van der Waals surface area contributed by atoms with Crippen molar-refractivity contribution in [1.82, 2.24) is 0 Å². The molecular formula is C26H36O11. The molecule has 0 radical (unpaired) electrons. The van der Waals surface area contributed by atoms with Gasteiger partial charge in [0.05, 0.1) is 33.5 Å². The Morgan fingerprint density at radius 1 is 0.919 bits per heavy atom. The number of aliphatic hydroxyl groups is 5. The Morgan fingerprint density at radius 3 is 2.32 bits per heavy atom. The minimum atomic E-state index is -1.35. The van der Waals surface area contributed by atoms with Crippen molar-refractivity contribution in [2.24, 2.45) is 0 Å². The van der Waals surface area contributed by atoms with E-state index < -0.39 is 49.5 Å². The number of methoxy groups -OCH3 is 2. The van der Waals surface area contributed by atoms with E-state index in [2.05, 4.69) is 0 Å². The average molecular weight is 525 g/mol. The number of rotatable bonds is 12. The van der Waals surface area contributed by atoms with Gasteiger partial charge in [0, 0.05) is 0 Å². The number of aromatic hydroxyl groups is 1. The van der Waals surface area contributed by atoms with Crippen LogP contribution in [-0.4, -0.2) is 94.9 Å². The predicted octanol–water partition coefficient (Wildman–Crippen LogP) is 0.659. The van der Waals surface area contributed by atoms with Gasteiger partial charge in [0.25, 0.3) is 0 Å². The quantitative estimate of drug-likeness (QED) is 0.216. The second kappa shape index (κ2) is 13.2. The van der Waals surface area contributed by atoms with E-state index in [0.29, 0.717) is 29.9 Å². The van der Waals surface area contributed by atoms with E-state index in [4.69, 9.17) is 23.7 Å². The maximum atomic E-state index is 10.8. The molecule has 0 aromatic heterocycles. The summed E-state index contributed by atoms with van der Waals surface area (Å²) in [5.41, 5.74) is 1.30. The molecule has 37 heavy (non-hydrogen) atoms. The van der Waals surface area contributed by atoms with Gasteiger partial charge in [-0.15, -0.1) is 0 Å². The van der Waals surface area contributed by atoms with Gasteiger partial charge < -0.3 is 54.3 Å². The van der Waals surface area contributed by atoms with Gasteiger partial charge in [-0.25, -0.2) is 0 Å². The molecule has 11 heteroatoms. The highest BCUT2D eigenvalue weighted by Crippen LogP contribution is 2.34. The summed E-state index contributed by atoms with van der Waals surface area (Å²) in [5, 5.41) is 60.1. The lowest BCUT2D eigenvalue weighted by molar-refractivity contribution is -0.293. The van der Waals surface area contributed by atoms with E-state index in [1.807, 2.05) is 6.07 Å². The fourth-order valence-corrected chi connectivity index (χ4v) is 4.05. The van der Waals surface area contributed by atoms with Gasteiger partial charge in [0.1, 0.15) is 24.4 Å². The molecule has 1 saturated heterocycles. The van der Waals surface area contributed by atoms with Gasteiger partial charge in [-0.3, -0.25) is 0 Å². The van der Waals surface area contributed by atoms with Crippen molar-refractivity contribution < 1.29 is 54.3 Å². The van der Waals surface area contributed by atoms with Crippen LogP contribution < -0.4 is 14.2 Å². The van der Waals surface area contributed by atoms with E-state index in [1.54, 1.807) is 19.1 Å². The number of aliphatic hydroxyl groups excluding tert-OH is 5. The molecule has 0 spiro atoms. The summed E-state index contributed by atoms with van der Waals surface area (Å²) in [5.74, 6) is 0.846. The zero-order valence-electron chi connectivity index (χ0n) is 21.1. The minimum absolute atomic E-state index is 0.0732. The zero-order chi connectivity index (χ0) is 27.1. The number of aryl methyl sites for hydroxylation is 1. The topological polar surface area (TPSA) is 168 Å². The van der Waals surface area contributed by atoms with Crippen molar-refractivity contribution in [1.29, 1.82) is 0 Å². The first kappa shape index (κ1) is 28.9. The SMILES string of the molecule is COc1cc(C(O)C(CO)Oc2ccc(CCCO[C@@H]3O[C@@H](C)[C@H](O)[C@@H](O)[C@H]3O)cc2OC)ccc1O. The molecule has 1 aliphatic heterocycles. The molecule has 2 unspecified atom stereocenters. The van der Waals surface area contributed by atoms with Crippen molar-refractivity contribution in [2.75, 3.05) is 27.4 Å². The number of phenolic OH excluding ortho intramolecular Hbond substituents is 1. The number of hydrogen-bond acceptors (Lipinski definition) is 11. The summed E-state index contributed by atoms with van der Waals surface area (Å²) in [7, 11) is 2.88. The van der Waals surface area contributed by atoms with Gasteiger partial charge in [-0.05, 0) is 55.2 Å². The van der Waals surface area contributed by atoms with Crippen LogP contribution in [0, 0.1) is 0 Å². The third-order valence-electron chi connectivity index (χ3n) is 6.28. The first-order chi connectivity index (χ1) is 17.7. The lowest BCUT2D eigenvalue weighted by atomic mass is 10.00. The second-order valence-corrected chi connectivity index (χ2v) is 8.86. The molecular weight excluding hydrogens is 488 g/mol. The normalized spacial score (nSPS) is 25.4. The highest BCUT2D eigenvalue weighted by atomic mass is 16.7. The summed E-state index contributed by atoms with van der Waals surface area (Å²) in [6, 6.07) is 9.63. The molecule has 0 aliphatic carbocycles. The number of hydrogen-bond donors (Lipinski definition) is 6. The highest BCUT2D eigenvalue weighted by Gasteiger charge is 2.42. The van der Waals surface area contributed by atoms with Crippen LogP contribution in [0.3, 0.4) is 0 Å². The number of phenols is 1. The molecule has 0 bridgehead atoms. The molecule has 1 aliphatic rings. The van der Waals surface area contributed by atoms with Gasteiger partial charge in [-0.1, -0.05) is 12.1 Å². The van der Waals surface area contributed by atoms with Gasteiger partial charge in [-0.2, -0.15) is 0 Å². The Bertz CT molecular complexity index is 1000. The summed E-state index contributed by atoms with van der Waals surface area (Å²) >= 11 is 0. The van der Waals surface area contributed by atoms with Crippen LogP contribution in [0.5, 0.6) is 23.0 Å². The first-order valence-electron chi connectivity index (χ1n) is 12.0. The van der Waals surface area contributed by atoms with Crippen LogP contribution in [0.2, 0.25) is 0 Å². The van der Waals surface area contributed by atoms with Crippen molar-refractivity contribution in [2.45, 2.75) is 62.7 Å². The molecule has 3 rings (SSSR count). The summed E-state index contributed by atoms with van der Waals surface area (Å²) in [6.07, 6.45) is -6.63. The van der Waals surface area contributed by atoms with Crippen molar-refractivity contribution in [3.63, 3.8) is 0 Å². The van der Waals surface area contributed by atoms with Crippen LogP contribution in [0.25, 0.3) is 0 Å². The van der Waals surface area contributed by atoms with Crippen LogP contribution in [-0.2, 0) is 15.9 Å². The Hall–Kier alpha value is -2.64. The Balaban J connectivity index is 1.58. The van der Waals surface area contributed by atoms with E-state index >= 15 is 0 Å². The number of benzene rings is 2. The van der Waals surface area contributed by atoms with Crippen molar-refractivity contribution in [3.8, 4) is 23.0 Å². The van der Waals surface area contributed by atoms with E-state index in [0.717, 1.165) is 5.56 Å². The molecule has 206 valence electrons. The molecule has 2 aromatic rings. The fraction of sp³-hybridized carbons (Fsp3) is 0.538. The second-order valence-electron chi connectivity index (χ2n) is 8.86. The van der Waals surface area contributed by atoms with E-state index in [-0.39, 0.29) is 18.1 Å². The Morgan fingerprint density at radius 2 is 1.65 bits per heavy atom. The molecule has 1 fully saturated rings. The fourth-order valence-electron chi connectivity index (χ4n) is 4.05. The molecule has 0 saturated carbocycles. The van der Waals surface area contributed by atoms with E-state index in [1.165, 1.54) is 32.4 Å². The van der Waals surface area contributed by atoms with Crippen LogP contribution >= 0.6 is 0 Å². The molecule has 11 nitrogen and oxygen atoms in total. The maximum absolute atomic E-state index is 10.8. The van der Waals surface area contributed by atoms with Crippen molar-refractivity contribution >= 4 is 0 Å². The van der Waals surface area contributed by atoms with Crippen molar-refractivity contribution in [3.05, 3.63) is 47.5 Å². The third kappa shape index (κ3) is 7.02. The largest absolute Gasteiger partial charge is 0.504 e. The first-order valence-corrected chi connectivity index (χ1v) is 12.0. The summed E-state index contributed by atoms with van der Waals surface area (Å²) in [6.45, 7) is 1.35. The third-order valence-corrected chi connectivity index (χ3v) is 6.28. The lowest BCUT2D eigenvalue weighted by Crippen LogP contribution is -2.57. The van der Waals surface area contributed by atoms with Gasteiger partial charge in [0.2, 0.25) is 0 Å². The average Bonchev–Trinajstić information content (AvgIpc) is 2.91. The summed E-state index contributed by atoms with van der Waals surface area (Å²) < 4.78 is 27.4. The van der Waals surface area contributed by atoms with Gasteiger partial charge >= 0.3 is 0 Å². The van der Waals surface area contributed by atoms with Crippen LogP contribution in [0.15, 0.2) is 36.4 Å². The van der Waals surface area contributed by atoms with E-state index in [9.17, 15) is 30.6 Å². The molecule has 0 amide bonds. The molecule has 2 aromatic carbocycles. The number of ether oxygens (including phenoxy) is 5. The predicted molar refractivity (Wildman–Crippen MR) is 131 cm³/mol. The lowest BCUT2D eigenvalue weighted by Gasteiger charge is -2.38. The smallest absolute Gasteiger partial charge is 0.186 e. The minimum Gasteiger partial charge on any atom is -0.504 e. The maximum Gasteiger partial charge on any atom is 0.186 e.